The molecule has 5 heteroatoms. The molecule has 0 saturated heterocycles. The number of aliphatic hydroxyl groups is 2. The quantitative estimate of drug-likeness (QED) is 0.756. The minimum absolute atomic E-state index is 0.0925. The fourth-order valence-electron chi connectivity index (χ4n) is 5.21. The second kappa shape index (κ2) is 5.89. The monoisotopic (exact) mass is 358 g/mol. The third kappa shape index (κ3) is 2.60. The van der Waals surface area contributed by atoms with Crippen molar-refractivity contribution < 1.29 is 24.3 Å². The number of nitrogens with zero attached hydrogens (tertiary/aromatic N) is 1. The summed E-state index contributed by atoms with van der Waals surface area (Å²) in [5.41, 5.74) is 0.162. The van der Waals surface area contributed by atoms with Crippen molar-refractivity contribution in [3.63, 3.8) is 0 Å². The van der Waals surface area contributed by atoms with Crippen LogP contribution in [-0.4, -0.2) is 58.0 Å². The number of allylic oxidation sites excluding steroid dienone is 3. The number of carbonyl (C=O) groups is 2. The van der Waals surface area contributed by atoms with E-state index >= 15 is 0 Å². The molecule has 0 amide bonds. The lowest BCUT2D eigenvalue weighted by molar-refractivity contribution is -0.934. The van der Waals surface area contributed by atoms with Crippen LogP contribution >= 0.6 is 0 Å². The molecule has 26 heavy (non-hydrogen) atoms. The lowest BCUT2D eigenvalue weighted by Crippen LogP contribution is -2.67. The van der Waals surface area contributed by atoms with Gasteiger partial charge in [0.25, 0.3) is 0 Å². The lowest BCUT2D eigenvalue weighted by Gasteiger charge is -2.54. The van der Waals surface area contributed by atoms with Crippen LogP contribution in [0.1, 0.15) is 39.0 Å². The van der Waals surface area contributed by atoms with Crippen LogP contribution in [0.3, 0.4) is 0 Å². The first-order valence-corrected chi connectivity index (χ1v) is 9.74. The highest BCUT2D eigenvalue weighted by Gasteiger charge is 2.59. The van der Waals surface area contributed by atoms with E-state index in [1.807, 2.05) is 6.08 Å². The minimum Gasteiger partial charge on any atom is -0.504 e. The Morgan fingerprint density at radius 3 is 2.65 bits per heavy atom. The third-order valence-electron chi connectivity index (χ3n) is 7.02. The van der Waals surface area contributed by atoms with E-state index in [0.717, 1.165) is 23.1 Å². The Morgan fingerprint density at radius 2 is 2.00 bits per heavy atom. The zero-order valence-electron chi connectivity index (χ0n) is 15.6. The van der Waals surface area contributed by atoms with Crippen LogP contribution in [0.25, 0.3) is 0 Å². The summed E-state index contributed by atoms with van der Waals surface area (Å²) in [5, 5.41) is 22.2. The second-order valence-electron chi connectivity index (χ2n) is 8.73. The predicted molar refractivity (Wildman–Crippen MR) is 97.3 cm³/mol. The fraction of sp³-hybridized carbons (Fsp3) is 0.619. The average Bonchev–Trinajstić information content (AvgIpc) is 3.42. The summed E-state index contributed by atoms with van der Waals surface area (Å²) in [4.78, 5) is 24.2. The molecule has 2 unspecified atom stereocenters. The largest absolute Gasteiger partial charge is 0.504 e. The van der Waals surface area contributed by atoms with Crippen LogP contribution in [0.2, 0.25) is 0 Å². The highest BCUT2D eigenvalue weighted by molar-refractivity contribution is 6.05. The van der Waals surface area contributed by atoms with Gasteiger partial charge in [0, 0.05) is 30.3 Å². The molecule has 0 aliphatic heterocycles. The number of ketones is 2. The molecule has 140 valence electrons. The van der Waals surface area contributed by atoms with Gasteiger partial charge in [0.15, 0.2) is 5.76 Å². The van der Waals surface area contributed by atoms with Gasteiger partial charge in [-0.05, 0) is 43.9 Å². The van der Waals surface area contributed by atoms with E-state index in [2.05, 4.69) is 14.0 Å². The summed E-state index contributed by atoms with van der Waals surface area (Å²) in [6.07, 6.45) is 8.60. The van der Waals surface area contributed by atoms with Gasteiger partial charge in [0.1, 0.15) is 17.4 Å². The Hall–Kier alpha value is -1.72. The molecule has 5 nitrogen and oxygen atoms in total. The Kier molecular flexibility index (Phi) is 4.01. The zero-order valence-corrected chi connectivity index (χ0v) is 15.6. The van der Waals surface area contributed by atoms with E-state index in [0.29, 0.717) is 24.3 Å². The number of rotatable bonds is 4. The number of hydrogen-bond acceptors (Lipinski definition) is 4. The van der Waals surface area contributed by atoms with Crippen molar-refractivity contribution in [2.24, 2.45) is 11.8 Å². The Balaban J connectivity index is 1.85. The van der Waals surface area contributed by atoms with Gasteiger partial charge in [-0.1, -0.05) is 6.08 Å². The van der Waals surface area contributed by atoms with Crippen molar-refractivity contribution in [2.75, 3.05) is 20.1 Å². The normalized spacial score (nSPS) is 36.3. The van der Waals surface area contributed by atoms with E-state index in [4.69, 9.17) is 0 Å². The van der Waals surface area contributed by atoms with Crippen LogP contribution in [0, 0.1) is 11.8 Å². The van der Waals surface area contributed by atoms with Gasteiger partial charge in [-0.25, -0.2) is 0 Å². The van der Waals surface area contributed by atoms with Gasteiger partial charge in [0.2, 0.25) is 5.78 Å². The number of Topliss-reactive ketones (excluding diaryl/α,β-unsaturated/α-hetero) is 1. The standard InChI is InChI=1S/C21H27NO4/c1-3-22(2,12-13-4-5-13)18-10-14-6-7-17(24)20(25)19(14)16-11-15(23)8-9-21(16,18)26/h6-7,10,13,16,18,26H,3-5,8-9,11-12H2,1-2H3/p+1/t16?,18-,21+,22?/m1/s1. The highest BCUT2D eigenvalue weighted by atomic mass is 16.3. The van der Waals surface area contributed by atoms with E-state index in [-0.39, 0.29) is 24.0 Å². The lowest BCUT2D eigenvalue weighted by atomic mass is 9.61. The second-order valence-corrected chi connectivity index (χ2v) is 8.73. The maximum atomic E-state index is 12.2. The molecule has 0 heterocycles. The third-order valence-corrected chi connectivity index (χ3v) is 7.02. The van der Waals surface area contributed by atoms with Crippen molar-refractivity contribution in [2.45, 2.75) is 50.7 Å². The van der Waals surface area contributed by atoms with Crippen molar-refractivity contribution in [1.82, 2.24) is 0 Å². The molecular weight excluding hydrogens is 330 g/mol. The number of fused-ring (bicyclic) bond motifs is 3. The molecule has 2 saturated carbocycles. The number of aliphatic hydroxyl groups excluding tert-OH is 1. The van der Waals surface area contributed by atoms with E-state index < -0.39 is 17.3 Å². The van der Waals surface area contributed by atoms with Gasteiger partial charge in [-0.15, -0.1) is 0 Å². The summed E-state index contributed by atoms with van der Waals surface area (Å²) < 4.78 is 0.727. The van der Waals surface area contributed by atoms with E-state index in [1.165, 1.54) is 18.9 Å². The summed E-state index contributed by atoms with van der Waals surface area (Å²) in [5.74, 6) is -0.454. The molecule has 2 N–H and O–H groups in total. The van der Waals surface area contributed by atoms with Crippen LogP contribution in [0.15, 0.2) is 35.1 Å². The van der Waals surface area contributed by atoms with Crippen molar-refractivity contribution in [1.29, 1.82) is 0 Å². The smallest absolute Gasteiger partial charge is 0.220 e. The number of hydrogen-bond donors (Lipinski definition) is 2. The summed E-state index contributed by atoms with van der Waals surface area (Å²) in [6, 6.07) is -0.143. The first-order chi connectivity index (χ1) is 12.3. The minimum atomic E-state index is -1.11. The zero-order chi connectivity index (χ0) is 18.7. The Labute approximate surface area is 154 Å². The van der Waals surface area contributed by atoms with Gasteiger partial charge >= 0.3 is 0 Å². The molecule has 0 radical (unpaired) electrons. The van der Waals surface area contributed by atoms with Gasteiger partial charge in [0.05, 0.1) is 20.1 Å². The van der Waals surface area contributed by atoms with E-state index in [1.54, 1.807) is 6.08 Å². The van der Waals surface area contributed by atoms with Gasteiger partial charge in [-0.3, -0.25) is 9.59 Å². The maximum absolute atomic E-state index is 12.2. The molecule has 0 aromatic rings. The molecule has 0 bridgehead atoms. The van der Waals surface area contributed by atoms with Crippen LogP contribution in [0.4, 0.5) is 0 Å². The summed E-state index contributed by atoms with van der Waals surface area (Å²) in [7, 11) is 2.19. The predicted octanol–water partition coefficient (Wildman–Crippen LogP) is 2.22. The molecule has 0 spiro atoms. The van der Waals surface area contributed by atoms with Crippen LogP contribution < -0.4 is 0 Å². The SMILES string of the molecule is CC[N+](C)(CC1CC1)[C@@H]1C=C2C=CC(=O)C(O)=C2C2CC(=O)CC[C@]21O. The highest BCUT2D eigenvalue weighted by Crippen LogP contribution is 2.51. The maximum Gasteiger partial charge on any atom is 0.220 e. The first kappa shape index (κ1) is 17.7. The number of quaternary nitrogens is 1. The number of likely N-dealkylation sites (N-methyl/N-ethyl adjacent to an activating group) is 1. The van der Waals surface area contributed by atoms with Crippen LogP contribution in [-0.2, 0) is 9.59 Å². The topological polar surface area (TPSA) is 74.6 Å². The van der Waals surface area contributed by atoms with Crippen molar-refractivity contribution in [3.05, 3.63) is 35.1 Å². The fourth-order valence-corrected chi connectivity index (χ4v) is 5.21. The van der Waals surface area contributed by atoms with Crippen LogP contribution in [0.5, 0.6) is 0 Å². The Morgan fingerprint density at radius 1 is 1.27 bits per heavy atom. The van der Waals surface area contributed by atoms with Gasteiger partial charge < -0.3 is 14.7 Å². The molecule has 0 aromatic heterocycles. The molecule has 2 fully saturated rings. The van der Waals surface area contributed by atoms with Crippen molar-refractivity contribution >= 4 is 11.6 Å². The summed E-state index contributed by atoms with van der Waals surface area (Å²) in [6.45, 7) is 4.06. The van der Waals surface area contributed by atoms with Gasteiger partial charge in [-0.2, -0.15) is 0 Å². The first-order valence-electron chi connectivity index (χ1n) is 9.74. The molecular formula is C21H28NO4+. The Bertz CT molecular complexity index is 760. The summed E-state index contributed by atoms with van der Waals surface area (Å²) >= 11 is 0. The molecule has 4 aliphatic rings. The average molecular weight is 358 g/mol. The molecule has 0 aromatic carbocycles. The molecule has 4 aliphatic carbocycles. The number of carbonyl (C=O) groups excluding carboxylic acids is 2. The van der Waals surface area contributed by atoms with Crippen molar-refractivity contribution in [3.8, 4) is 0 Å². The molecule has 4 rings (SSSR count). The molecule has 4 atom stereocenters. The van der Waals surface area contributed by atoms with E-state index in [9.17, 15) is 19.8 Å².